The van der Waals surface area contributed by atoms with E-state index in [9.17, 15) is 4.79 Å². The van der Waals surface area contributed by atoms with Gasteiger partial charge in [-0.25, -0.2) is 14.8 Å². The third-order valence-electron chi connectivity index (χ3n) is 3.60. The Morgan fingerprint density at radius 3 is 2.86 bits per heavy atom. The number of aromatic carboxylic acids is 1. The Hall–Kier alpha value is -1.82. The van der Waals surface area contributed by atoms with E-state index in [-0.39, 0.29) is 5.56 Å². The lowest BCUT2D eigenvalue weighted by Crippen LogP contribution is -2.30. The first-order chi connectivity index (χ1) is 10.0. The molecular weight excluding hydrogens is 286 g/mol. The zero-order valence-electron chi connectivity index (χ0n) is 12.4. The second-order valence-electron chi connectivity index (χ2n) is 4.98. The van der Waals surface area contributed by atoms with E-state index >= 15 is 0 Å². The topological polar surface area (TPSA) is 66.3 Å². The summed E-state index contributed by atoms with van der Waals surface area (Å²) in [7, 11) is 2.01. The van der Waals surface area contributed by atoms with Crippen LogP contribution < -0.4 is 4.90 Å². The molecule has 0 spiro atoms. The fourth-order valence-electron chi connectivity index (χ4n) is 2.15. The van der Waals surface area contributed by atoms with Crippen molar-refractivity contribution in [1.82, 2.24) is 9.97 Å². The Kier molecular flexibility index (Phi) is 5.01. The van der Waals surface area contributed by atoms with Crippen LogP contribution in [0.4, 0.5) is 5.82 Å². The number of carboxylic acid groups (broad SMARTS) is 1. The molecule has 6 heteroatoms. The number of thioether (sulfide) groups is 1. The zero-order valence-corrected chi connectivity index (χ0v) is 13.2. The molecule has 0 aliphatic rings. The SMILES string of the molecule is CSCCC(C)N(C)c1ncnc2cc(C(=O)O)ccc12. The number of hydrogen-bond donors (Lipinski definition) is 1. The third kappa shape index (κ3) is 3.44. The number of carbonyl (C=O) groups is 1. The van der Waals surface area contributed by atoms with Crippen LogP contribution in [0.3, 0.4) is 0 Å². The van der Waals surface area contributed by atoms with Crippen molar-refractivity contribution in [3.8, 4) is 0 Å². The van der Waals surface area contributed by atoms with Crippen LogP contribution in [0.5, 0.6) is 0 Å². The molecule has 21 heavy (non-hydrogen) atoms. The van der Waals surface area contributed by atoms with Crippen LogP contribution in [0.1, 0.15) is 23.7 Å². The second-order valence-corrected chi connectivity index (χ2v) is 5.96. The van der Waals surface area contributed by atoms with Gasteiger partial charge in [0, 0.05) is 18.5 Å². The van der Waals surface area contributed by atoms with Gasteiger partial charge >= 0.3 is 5.97 Å². The summed E-state index contributed by atoms with van der Waals surface area (Å²) < 4.78 is 0. The minimum atomic E-state index is -0.946. The molecule has 1 atom stereocenters. The van der Waals surface area contributed by atoms with Crippen LogP contribution in [-0.2, 0) is 0 Å². The molecule has 0 radical (unpaired) electrons. The van der Waals surface area contributed by atoms with Crippen molar-refractivity contribution in [2.75, 3.05) is 24.0 Å². The summed E-state index contributed by atoms with van der Waals surface area (Å²) in [4.78, 5) is 21.7. The first kappa shape index (κ1) is 15.6. The van der Waals surface area contributed by atoms with E-state index in [0.717, 1.165) is 23.4 Å². The van der Waals surface area contributed by atoms with E-state index in [4.69, 9.17) is 5.11 Å². The highest BCUT2D eigenvalue weighted by Crippen LogP contribution is 2.25. The molecule has 0 aliphatic heterocycles. The van der Waals surface area contributed by atoms with Crippen LogP contribution >= 0.6 is 11.8 Å². The van der Waals surface area contributed by atoms with E-state index in [1.165, 1.54) is 6.33 Å². The molecule has 2 rings (SSSR count). The Morgan fingerprint density at radius 1 is 1.43 bits per heavy atom. The molecule has 2 aromatic rings. The largest absolute Gasteiger partial charge is 0.478 e. The fraction of sp³-hybridized carbons (Fsp3) is 0.400. The normalized spacial score (nSPS) is 12.3. The van der Waals surface area contributed by atoms with Crippen molar-refractivity contribution >= 4 is 34.5 Å². The molecule has 0 saturated carbocycles. The van der Waals surface area contributed by atoms with Crippen LogP contribution in [0.15, 0.2) is 24.5 Å². The van der Waals surface area contributed by atoms with Crippen LogP contribution in [-0.4, -0.2) is 46.1 Å². The molecule has 0 saturated heterocycles. The van der Waals surface area contributed by atoms with Crippen LogP contribution in [0.2, 0.25) is 0 Å². The molecule has 1 aromatic heterocycles. The highest BCUT2D eigenvalue weighted by atomic mass is 32.2. The number of hydrogen-bond acceptors (Lipinski definition) is 5. The van der Waals surface area contributed by atoms with Gasteiger partial charge in [-0.15, -0.1) is 0 Å². The molecule has 1 N–H and O–H groups in total. The lowest BCUT2D eigenvalue weighted by Gasteiger charge is -2.26. The fourth-order valence-corrected chi connectivity index (χ4v) is 2.72. The summed E-state index contributed by atoms with van der Waals surface area (Å²) in [6, 6.07) is 5.32. The molecule has 5 nitrogen and oxygen atoms in total. The monoisotopic (exact) mass is 305 g/mol. The number of fused-ring (bicyclic) bond motifs is 1. The van der Waals surface area contributed by atoms with E-state index in [2.05, 4.69) is 28.0 Å². The van der Waals surface area contributed by atoms with Gasteiger partial charge in [0.15, 0.2) is 0 Å². The highest BCUT2D eigenvalue weighted by molar-refractivity contribution is 7.98. The maximum atomic E-state index is 11.0. The molecule has 0 aliphatic carbocycles. The molecule has 0 bridgehead atoms. The standard InChI is InChI=1S/C15H19N3O2S/c1-10(6-7-21-3)18(2)14-12-5-4-11(15(19)20)8-13(12)16-9-17-14/h4-5,8-10H,6-7H2,1-3H3,(H,19,20). The van der Waals surface area contributed by atoms with Crippen LogP contribution in [0, 0.1) is 0 Å². The van der Waals surface area contributed by atoms with Gasteiger partial charge in [-0.3, -0.25) is 0 Å². The van der Waals surface area contributed by atoms with Crippen molar-refractivity contribution in [2.45, 2.75) is 19.4 Å². The van der Waals surface area contributed by atoms with Gasteiger partial charge in [-0.1, -0.05) is 0 Å². The van der Waals surface area contributed by atoms with Gasteiger partial charge in [-0.2, -0.15) is 11.8 Å². The number of rotatable bonds is 6. The summed E-state index contributed by atoms with van der Waals surface area (Å²) >= 11 is 1.83. The molecule has 112 valence electrons. The predicted molar refractivity (Wildman–Crippen MR) is 87.4 cm³/mol. The van der Waals surface area contributed by atoms with E-state index in [0.29, 0.717) is 11.6 Å². The molecule has 1 heterocycles. The van der Waals surface area contributed by atoms with Crippen molar-refractivity contribution < 1.29 is 9.90 Å². The minimum Gasteiger partial charge on any atom is -0.478 e. The van der Waals surface area contributed by atoms with Crippen molar-refractivity contribution in [1.29, 1.82) is 0 Å². The molecule has 1 unspecified atom stereocenters. The van der Waals surface area contributed by atoms with Gasteiger partial charge in [0.25, 0.3) is 0 Å². The lowest BCUT2D eigenvalue weighted by molar-refractivity contribution is 0.0697. The maximum Gasteiger partial charge on any atom is 0.335 e. The smallest absolute Gasteiger partial charge is 0.335 e. The van der Waals surface area contributed by atoms with Gasteiger partial charge in [0.1, 0.15) is 12.1 Å². The predicted octanol–water partition coefficient (Wildman–Crippen LogP) is 2.91. The number of aromatic nitrogens is 2. The Balaban J connectivity index is 2.38. The molecule has 0 amide bonds. The highest BCUT2D eigenvalue weighted by Gasteiger charge is 2.15. The van der Waals surface area contributed by atoms with Gasteiger partial charge in [0.2, 0.25) is 0 Å². The summed E-state index contributed by atoms with van der Waals surface area (Å²) in [6.07, 6.45) is 4.65. The van der Waals surface area contributed by atoms with Crippen molar-refractivity contribution in [3.05, 3.63) is 30.1 Å². The van der Waals surface area contributed by atoms with Crippen LogP contribution in [0.25, 0.3) is 10.9 Å². The van der Waals surface area contributed by atoms with Crippen molar-refractivity contribution in [2.24, 2.45) is 0 Å². The van der Waals surface area contributed by atoms with Gasteiger partial charge in [-0.05, 0) is 43.6 Å². The number of benzene rings is 1. The Morgan fingerprint density at radius 2 is 2.19 bits per heavy atom. The Bertz CT molecular complexity index is 648. The summed E-state index contributed by atoms with van der Waals surface area (Å²) in [5.41, 5.74) is 0.897. The molecule has 1 aromatic carbocycles. The number of anilines is 1. The van der Waals surface area contributed by atoms with E-state index < -0.39 is 5.97 Å². The van der Waals surface area contributed by atoms with Gasteiger partial charge in [0.05, 0.1) is 11.1 Å². The summed E-state index contributed by atoms with van der Waals surface area (Å²) in [5, 5.41) is 9.93. The molecular formula is C15H19N3O2S. The minimum absolute atomic E-state index is 0.241. The summed E-state index contributed by atoms with van der Waals surface area (Å²) in [6.45, 7) is 2.16. The van der Waals surface area contributed by atoms with E-state index in [1.54, 1.807) is 18.2 Å². The van der Waals surface area contributed by atoms with Crippen molar-refractivity contribution in [3.63, 3.8) is 0 Å². The average Bonchev–Trinajstić information content (AvgIpc) is 2.50. The van der Waals surface area contributed by atoms with Gasteiger partial charge < -0.3 is 10.0 Å². The number of nitrogens with zero attached hydrogens (tertiary/aromatic N) is 3. The summed E-state index contributed by atoms with van der Waals surface area (Å²) in [5.74, 6) is 0.988. The second kappa shape index (κ2) is 6.76. The first-order valence-electron chi connectivity index (χ1n) is 6.74. The third-order valence-corrected chi connectivity index (χ3v) is 4.24. The first-order valence-corrected chi connectivity index (χ1v) is 8.13. The van der Waals surface area contributed by atoms with E-state index in [1.807, 2.05) is 18.8 Å². The average molecular weight is 305 g/mol. The number of carboxylic acids is 1. The lowest BCUT2D eigenvalue weighted by atomic mass is 10.1. The maximum absolute atomic E-state index is 11.0. The zero-order chi connectivity index (χ0) is 15.4. The Labute approximate surface area is 128 Å². The molecule has 0 fully saturated rings. The quantitative estimate of drug-likeness (QED) is 0.885.